The Balaban J connectivity index is 2.23. The normalized spacial score (nSPS) is 12.5. The molecule has 1 unspecified atom stereocenters. The SMILES string of the molecule is COCCNC(c1cccc(COC)c1)c1nc(C)cs1. The summed E-state index contributed by atoms with van der Waals surface area (Å²) in [7, 11) is 3.43. The molecule has 1 atom stereocenters. The fourth-order valence-electron chi connectivity index (χ4n) is 2.19. The van der Waals surface area contributed by atoms with Crippen molar-refractivity contribution in [3.8, 4) is 0 Å². The van der Waals surface area contributed by atoms with Gasteiger partial charge in [-0.15, -0.1) is 11.3 Å². The molecule has 1 aromatic carbocycles. The van der Waals surface area contributed by atoms with Gasteiger partial charge in [-0.1, -0.05) is 24.3 Å². The Morgan fingerprint density at radius 3 is 2.81 bits per heavy atom. The van der Waals surface area contributed by atoms with Crippen LogP contribution >= 0.6 is 11.3 Å². The zero-order valence-corrected chi connectivity index (χ0v) is 13.6. The van der Waals surface area contributed by atoms with Crippen LogP contribution < -0.4 is 5.32 Å². The minimum Gasteiger partial charge on any atom is -0.383 e. The van der Waals surface area contributed by atoms with Gasteiger partial charge >= 0.3 is 0 Å². The average Bonchev–Trinajstić information content (AvgIpc) is 2.91. The lowest BCUT2D eigenvalue weighted by molar-refractivity contribution is 0.184. The van der Waals surface area contributed by atoms with Crippen LogP contribution in [0.2, 0.25) is 0 Å². The summed E-state index contributed by atoms with van der Waals surface area (Å²) in [6.45, 7) is 4.11. The van der Waals surface area contributed by atoms with E-state index in [0.717, 1.165) is 17.2 Å². The zero-order valence-electron chi connectivity index (χ0n) is 12.8. The first-order chi connectivity index (χ1) is 10.2. The molecule has 0 spiro atoms. The highest BCUT2D eigenvalue weighted by molar-refractivity contribution is 7.09. The van der Waals surface area contributed by atoms with Gasteiger partial charge < -0.3 is 14.8 Å². The van der Waals surface area contributed by atoms with E-state index in [4.69, 9.17) is 9.47 Å². The first-order valence-electron chi connectivity index (χ1n) is 6.96. The number of aromatic nitrogens is 1. The topological polar surface area (TPSA) is 43.4 Å². The molecule has 0 amide bonds. The minimum atomic E-state index is 0.0932. The summed E-state index contributed by atoms with van der Waals surface area (Å²) in [5.41, 5.74) is 3.43. The maximum Gasteiger partial charge on any atom is 0.114 e. The lowest BCUT2D eigenvalue weighted by Gasteiger charge is -2.17. The van der Waals surface area contributed by atoms with Gasteiger partial charge in [-0.2, -0.15) is 0 Å². The number of nitrogens with zero attached hydrogens (tertiary/aromatic N) is 1. The Bertz CT molecular complexity index is 557. The van der Waals surface area contributed by atoms with E-state index in [0.29, 0.717) is 13.2 Å². The molecule has 0 radical (unpaired) electrons. The summed E-state index contributed by atoms with van der Waals surface area (Å²) in [4.78, 5) is 4.63. The molecule has 0 bridgehead atoms. The molecular weight excluding hydrogens is 284 g/mol. The second-order valence-electron chi connectivity index (χ2n) is 4.89. The Kier molecular flexibility index (Phi) is 6.32. The highest BCUT2D eigenvalue weighted by Crippen LogP contribution is 2.25. The summed E-state index contributed by atoms with van der Waals surface area (Å²) in [6, 6.07) is 8.53. The fraction of sp³-hybridized carbons (Fsp3) is 0.438. The van der Waals surface area contributed by atoms with Crippen molar-refractivity contribution in [2.45, 2.75) is 19.6 Å². The summed E-state index contributed by atoms with van der Waals surface area (Å²) in [5, 5.41) is 6.68. The maximum absolute atomic E-state index is 5.22. The molecule has 0 saturated heterocycles. The van der Waals surface area contributed by atoms with Gasteiger partial charge in [0.1, 0.15) is 5.01 Å². The van der Waals surface area contributed by atoms with Crippen molar-refractivity contribution in [1.29, 1.82) is 0 Å². The lowest BCUT2D eigenvalue weighted by atomic mass is 10.0. The molecule has 0 fully saturated rings. The number of aryl methyl sites for hydroxylation is 1. The number of ether oxygens (including phenoxy) is 2. The van der Waals surface area contributed by atoms with Crippen LogP contribution in [0.5, 0.6) is 0 Å². The molecule has 0 saturated carbocycles. The van der Waals surface area contributed by atoms with Crippen LogP contribution in [0.15, 0.2) is 29.6 Å². The lowest BCUT2D eigenvalue weighted by Crippen LogP contribution is -2.26. The number of hydrogen-bond donors (Lipinski definition) is 1. The van der Waals surface area contributed by atoms with Gasteiger partial charge in [0.05, 0.1) is 19.3 Å². The number of nitrogens with one attached hydrogen (secondary N) is 1. The third kappa shape index (κ3) is 4.61. The number of rotatable bonds is 8. The quantitative estimate of drug-likeness (QED) is 0.762. The van der Waals surface area contributed by atoms with Crippen molar-refractivity contribution < 1.29 is 9.47 Å². The standard InChI is InChI=1S/C16H22N2O2S/c1-12-11-21-16(18-12)15(17-7-8-19-2)14-6-4-5-13(9-14)10-20-3/h4-6,9,11,15,17H,7-8,10H2,1-3H3. The number of hydrogen-bond acceptors (Lipinski definition) is 5. The van der Waals surface area contributed by atoms with Gasteiger partial charge in [0.25, 0.3) is 0 Å². The summed E-state index contributed by atoms with van der Waals surface area (Å²) >= 11 is 1.68. The van der Waals surface area contributed by atoms with Crippen LogP contribution in [0.3, 0.4) is 0 Å². The second kappa shape index (κ2) is 8.24. The Morgan fingerprint density at radius 2 is 2.14 bits per heavy atom. The summed E-state index contributed by atoms with van der Waals surface area (Å²) in [5.74, 6) is 0. The molecule has 0 aliphatic heterocycles. The van der Waals surface area contributed by atoms with Gasteiger partial charge in [-0.3, -0.25) is 0 Å². The number of benzene rings is 1. The van der Waals surface area contributed by atoms with Gasteiger partial charge in [-0.05, 0) is 18.1 Å². The third-order valence-electron chi connectivity index (χ3n) is 3.13. The summed E-state index contributed by atoms with van der Waals surface area (Å²) in [6.07, 6.45) is 0. The van der Waals surface area contributed by atoms with Gasteiger partial charge in [0, 0.05) is 31.8 Å². The number of methoxy groups -OCH3 is 2. The largest absolute Gasteiger partial charge is 0.383 e. The predicted octanol–water partition coefficient (Wildman–Crippen LogP) is 2.92. The molecule has 2 rings (SSSR count). The number of thiazole rings is 1. The Hall–Kier alpha value is -1.27. The Morgan fingerprint density at radius 1 is 1.29 bits per heavy atom. The van der Waals surface area contributed by atoms with E-state index in [1.54, 1.807) is 25.6 Å². The average molecular weight is 306 g/mol. The molecule has 5 heteroatoms. The van der Waals surface area contributed by atoms with E-state index in [1.807, 2.05) is 6.92 Å². The van der Waals surface area contributed by atoms with Crippen LogP contribution in [-0.2, 0) is 16.1 Å². The first kappa shape index (κ1) is 16.1. The van der Waals surface area contributed by atoms with E-state index < -0.39 is 0 Å². The van der Waals surface area contributed by atoms with E-state index >= 15 is 0 Å². The second-order valence-corrected chi connectivity index (χ2v) is 5.77. The maximum atomic E-state index is 5.22. The molecule has 21 heavy (non-hydrogen) atoms. The smallest absolute Gasteiger partial charge is 0.114 e. The molecule has 0 aliphatic rings. The van der Waals surface area contributed by atoms with E-state index in [-0.39, 0.29) is 6.04 Å². The van der Waals surface area contributed by atoms with E-state index in [9.17, 15) is 0 Å². The van der Waals surface area contributed by atoms with E-state index in [2.05, 4.69) is 39.9 Å². The highest BCUT2D eigenvalue weighted by atomic mass is 32.1. The van der Waals surface area contributed by atoms with Crippen LogP contribution in [-0.4, -0.2) is 32.4 Å². The van der Waals surface area contributed by atoms with Crippen molar-refractivity contribution in [2.75, 3.05) is 27.4 Å². The first-order valence-corrected chi connectivity index (χ1v) is 7.84. The fourth-order valence-corrected chi connectivity index (χ4v) is 3.08. The van der Waals surface area contributed by atoms with Gasteiger partial charge in [0.2, 0.25) is 0 Å². The monoisotopic (exact) mass is 306 g/mol. The van der Waals surface area contributed by atoms with Crippen LogP contribution in [0.4, 0.5) is 0 Å². The molecule has 1 N–H and O–H groups in total. The van der Waals surface area contributed by atoms with Crippen LogP contribution in [0.1, 0.15) is 27.9 Å². The summed E-state index contributed by atoms with van der Waals surface area (Å²) < 4.78 is 10.3. The molecular formula is C16H22N2O2S. The van der Waals surface area contributed by atoms with Gasteiger partial charge in [-0.25, -0.2) is 4.98 Å². The van der Waals surface area contributed by atoms with Crippen LogP contribution in [0.25, 0.3) is 0 Å². The minimum absolute atomic E-state index is 0.0932. The molecule has 114 valence electrons. The van der Waals surface area contributed by atoms with Crippen molar-refractivity contribution >= 4 is 11.3 Å². The van der Waals surface area contributed by atoms with Gasteiger partial charge in [0.15, 0.2) is 0 Å². The third-order valence-corrected chi connectivity index (χ3v) is 4.16. The van der Waals surface area contributed by atoms with Crippen molar-refractivity contribution in [1.82, 2.24) is 10.3 Å². The van der Waals surface area contributed by atoms with Crippen molar-refractivity contribution in [3.05, 3.63) is 51.5 Å². The molecule has 1 aromatic heterocycles. The van der Waals surface area contributed by atoms with E-state index in [1.165, 1.54) is 11.1 Å². The molecule has 2 aromatic rings. The van der Waals surface area contributed by atoms with Crippen molar-refractivity contribution in [3.63, 3.8) is 0 Å². The van der Waals surface area contributed by atoms with Crippen molar-refractivity contribution in [2.24, 2.45) is 0 Å². The molecule has 0 aliphatic carbocycles. The predicted molar refractivity (Wildman–Crippen MR) is 85.7 cm³/mol. The zero-order chi connectivity index (χ0) is 15.1. The van der Waals surface area contributed by atoms with Crippen LogP contribution in [0, 0.1) is 6.92 Å². The Labute approximate surface area is 130 Å². The molecule has 4 nitrogen and oxygen atoms in total. The highest BCUT2D eigenvalue weighted by Gasteiger charge is 2.17. The molecule has 1 heterocycles.